The Morgan fingerprint density at radius 3 is 2.88 bits per heavy atom. The maximum atomic E-state index is 11.4. The monoisotopic (exact) mass is 349 g/mol. The number of carbonyl (C=O) groups is 1. The van der Waals surface area contributed by atoms with Gasteiger partial charge in [0.05, 0.1) is 0 Å². The number of nitrogens with two attached hydrogens (primary N) is 1. The van der Waals surface area contributed by atoms with E-state index in [0.717, 1.165) is 60.7 Å². The second-order valence-corrected chi connectivity index (χ2v) is 6.70. The Morgan fingerprint density at radius 1 is 1.38 bits per heavy atom. The third-order valence-corrected chi connectivity index (χ3v) is 5.05. The molecule has 1 fully saturated rings. The fourth-order valence-electron chi connectivity index (χ4n) is 2.82. The third-order valence-electron chi connectivity index (χ3n) is 4.21. The van der Waals surface area contributed by atoms with Crippen molar-refractivity contribution >= 4 is 39.3 Å². The number of nitrogens with zero attached hydrogens (tertiary/aromatic N) is 4. The molecule has 0 atom stereocenters. The number of rotatable bonds is 6. The van der Waals surface area contributed by atoms with Crippen LogP contribution in [-0.4, -0.2) is 57.4 Å². The number of anilines is 2. The van der Waals surface area contributed by atoms with E-state index in [9.17, 15) is 4.79 Å². The van der Waals surface area contributed by atoms with Crippen LogP contribution in [0, 0.1) is 0 Å². The second-order valence-electron chi connectivity index (χ2n) is 5.92. The van der Waals surface area contributed by atoms with Crippen LogP contribution in [0.4, 0.5) is 11.6 Å². The fraction of sp³-hybridized carbons (Fsp3) is 0.600. The lowest BCUT2D eigenvalue weighted by molar-refractivity contribution is -0.129. The Kier molecular flexibility index (Phi) is 5.41. The van der Waals surface area contributed by atoms with Crippen LogP contribution in [0.1, 0.15) is 26.2 Å². The summed E-state index contributed by atoms with van der Waals surface area (Å²) in [7, 11) is 0. The van der Waals surface area contributed by atoms with Crippen molar-refractivity contribution in [2.24, 2.45) is 5.73 Å². The Labute approximate surface area is 145 Å². The summed E-state index contributed by atoms with van der Waals surface area (Å²) in [5.41, 5.74) is 6.36. The zero-order valence-electron chi connectivity index (χ0n) is 13.8. The van der Waals surface area contributed by atoms with Crippen LogP contribution in [0.25, 0.3) is 10.2 Å². The summed E-state index contributed by atoms with van der Waals surface area (Å²) < 4.78 is 5.41. The molecule has 3 heterocycles. The topological polar surface area (TPSA) is 109 Å². The van der Waals surface area contributed by atoms with E-state index in [0.29, 0.717) is 12.6 Å². The quantitative estimate of drug-likeness (QED) is 0.674. The first kappa shape index (κ1) is 16.8. The molecule has 130 valence electrons. The minimum atomic E-state index is 0.147. The van der Waals surface area contributed by atoms with Crippen molar-refractivity contribution in [3.05, 3.63) is 6.33 Å². The summed E-state index contributed by atoms with van der Waals surface area (Å²) in [5.74, 6) is 1.76. The number of hydrogen-bond donors (Lipinski definition) is 3. The average molecular weight is 349 g/mol. The molecule has 0 spiro atoms. The predicted octanol–water partition coefficient (Wildman–Crippen LogP) is 1.27. The molecule has 1 saturated heterocycles. The predicted molar refractivity (Wildman–Crippen MR) is 96.3 cm³/mol. The number of aromatic nitrogens is 3. The molecule has 0 unspecified atom stereocenters. The Balaban J connectivity index is 1.68. The van der Waals surface area contributed by atoms with Crippen LogP contribution in [-0.2, 0) is 4.79 Å². The van der Waals surface area contributed by atoms with Crippen molar-refractivity contribution < 1.29 is 4.79 Å². The Morgan fingerprint density at radius 2 is 2.17 bits per heavy atom. The van der Waals surface area contributed by atoms with Crippen LogP contribution < -0.4 is 16.4 Å². The molecule has 8 nitrogen and oxygen atoms in total. The van der Waals surface area contributed by atoms with Crippen molar-refractivity contribution in [3.8, 4) is 0 Å². The molecule has 0 saturated carbocycles. The Bertz CT molecular complexity index is 696. The van der Waals surface area contributed by atoms with Gasteiger partial charge in [0.2, 0.25) is 5.91 Å². The van der Waals surface area contributed by atoms with Gasteiger partial charge in [-0.2, -0.15) is 4.37 Å². The summed E-state index contributed by atoms with van der Waals surface area (Å²) >= 11 is 1.40. The van der Waals surface area contributed by atoms with Gasteiger partial charge in [-0.3, -0.25) is 4.79 Å². The van der Waals surface area contributed by atoms with Gasteiger partial charge in [-0.1, -0.05) is 0 Å². The normalized spacial score (nSPS) is 15.7. The molecule has 9 heteroatoms. The number of carbonyl (C=O) groups excluding carboxylic acids is 1. The first-order valence-corrected chi connectivity index (χ1v) is 9.02. The molecule has 2 aromatic rings. The van der Waals surface area contributed by atoms with Crippen LogP contribution in [0.15, 0.2) is 6.33 Å². The molecule has 0 aliphatic carbocycles. The smallest absolute Gasteiger partial charge is 0.219 e. The standard InChI is InChI=1S/C15H23N7OS/c1-10(23)22-7-3-11(4-8-22)20-15-13-12(18-9-19-15)14(21-24-13)17-6-2-5-16/h9,11H,2-8,16H2,1H3,(H,17,21)(H,18,19,20). The molecule has 1 amide bonds. The highest BCUT2D eigenvalue weighted by atomic mass is 32.1. The van der Waals surface area contributed by atoms with Gasteiger partial charge in [-0.15, -0.1) is 0 Å². The molecular formula is C15H23N7OS. The highest BCUT2D eigenvalue weighted by molar-refractivity contribution is 7.14. The number of likely N-dealkylation sites (tertiary alicyclic amines) is 1. The van der Waals surface area contributed by atoms with E-state index in [2.05, 4.69) is 25.0 Å². The highest BCUT2D eigenvalue weighted by Gasteiger charge is 2.22. The van der Waals surface area contributed by atoms with E-state index in [4.69, 9.17) is 5.73 Å². The molecule has 0 bridgehead atoms. The summed E-state index contributed by atoms with van der Waals surface area (Å²) in [4.78, 5) is 22.0. The number of hydrogen-bond acceptors (Lipinski definition) is 8. The Hall–Kier alpha value is -2.00. The zero-order valence-corrected chi connectivity index (χ0v) is 14.6. The number of fused-ring (bicyclic) bond motifs is 1. The lowest BCUT2D eigenvalue weighted by Gasteiger charge is -2.31. The van der Waals surface area contributed by atoms with Gasteiger partial charge in [0, 0.05) is 32.6 Å². The molecular weight excluding hydrogens is 326 g/mol. The lowest BCUT2D eigenvalue weighted by Crippen LogP contribution is -2.41. The molecule has 4 N–H and O–H groups in total. The van der Waals surface area contributed by atoms with Gasteiger partial charge in [0.1, 0.15) is 22.4 Å². The number of amides is 1. The van der Waals surface area contributed by atoms with Gasteiger partial charge >= 0.3 is 0 Å². The van der Waals surface area contributed by atoms with Crippen molar-refractivity contribution in [1.29, 1.82) is 0 Å². The average Bonchev–Trinajstić information content (AvgIpc) is 3.00. The van der Waals surface area contributed by atoms with Crippen molar-refractivity contribution in [2.75, 3.05) is 36.8 Å². The molecule has 1 aliphatic rings. The van der Waals surface area contributed by atoms with E-state index in [1.54, 1.807) is 13.3 Å². The van der Waals surface area contributed by atoms with Gasteiger partial charge < -0.3 is 21.3 Å². The van der Waals surface area contributed by atoms with Gasteiger partial charge in [-0.05, 0) is 37.3 Å². The van der Waals surface area contributed by atoms with E-state index in [1.165, 1.54) is 11.5 Å². The fourth-order valence-corrected chi connectivity index (χ4v) is 3.59. The molecule has 2 aromatic heterocycles. The molecule has 0 radical (unpaired) electrons. The molecule has 3 rings (SSSR count). The van der Waals surface area contributed by atoms with Crippen molar-refractivity contribution in [1.82, 2.24) is 19.2 Å². The molecule has 1 aliphatic heterocycles. The van der Waals surface area contributed by atoms with Gasteiger partial charge in [-0.25, -0.2) is 9.97 Å². The lowest BCUT2D eigenvalue weighted by atomic mass is 10.1. The largest absolute Gasteiger partial charge is 0.367 e. The maximum Gasteiger partial charge on any atom is 0.219 e. The number of nitrogens with one attached hydrogen (secondary N) is 2. The van der Waals surface area contributed by atoms with Gasteiger partial charge in [0.15, 0.2) is 5.82 Å². The van der Waals surface area contributed by atoms with Crippen LogP contribution in [0.5, 0.6) is 0 Å². The van der Waals surface area contributed by atoms with Crippen LogP contribution >= 0.6 is 11.5 Å². The van der Waals surface area contributed by atoms with E-state index in [1.807, 2.05) is 4.90 Å². The summed E-state index contributed by atoms with van der Waals surface area (Å²) in [6.07, 6.45) is 4.30. The van der Waals surface area contributed by atoms with Crippen LogP contribution in [0.3, 0.4) is 0 Å². The minimum absolute atomic E-state index is 0.147. The molecule has 24 heavy (non-hydrogen) atoms. The first-order valence-electron chi connectivity index (χ1n) is 8.25. The van der Waals surface area contributed by atoms with Crippen molar-refractivity contribution in [2.45, 2.75) is 32.2 Å². The third kappa shape index (κ3) is 3.73. The van der Waals surface area contributed by atoms with Crippen molar-refractivity contribution in [3.63, 3.8) is 0 Å². The van der Waals surface area contributed by atoms with Crippen LogP contribution in [0.2, 0.25) is 0 Å². The minimum Gasteiger partial charge on any atom is -0.367 e. The zero-order chi connectivity index (χ0) is 16.9. The SMILES string of the molecule is CC(=O)N1CCC(Nc2ncnc3c(NCCCN)nsc23)CC1. The van der Waals surface area contributed by atoms with Gasteiger partial charge in [0.25, 0.3) is 0 Å². The van der Waals surface area contributed by atoms with E-state index < -0.39 is 0 Å². The van der Waals surface area contributed by atoms with E-state index in [-0.39, 0.29) is 5.91 Å². The molecule has 0 aromatic carbocycles. The van der Waals surface area contributed by atoms with E-state index >= 15 is 0 Å². The maximum absolute atomic E-state index is 11.4. The summed E-state index contributed by atoms with van der Waals surface area (Å²) in [5, 5.41) is 6.77. The summed E-state index contributed by atoms with van der Waals surface area (Å²) in [6.45, 7) is 4.63. The number of piperidine rings is 1. The first-order chi connectivity index (χ1) is 11.7. The second kappa shape index (κ2) is 7.71. The highest BCUT2D eigenvalue weighted by Crippen LogP contribution is 2.30. The summed E-state index contributed by atoms with van der Waals surface area (Å²) in [6, 6.07) is 0.314.